The van der Waals surface area contributed by atoms with E-state index in [-0.39, 0.29) is 100 Å². The van der Waals surface area contributed by atoms with Gasteiger partial charge >= 0.3 is 0 Å². The van der Waals surface area contributed by atoms with E-state index in [0.717, 1.165) is 79.6 Å². The largest absolute Gasteiger partial charge is 0.340 e. The van der Waals surface area contributed by atoms with Crippen molar-refractivity contribution >= 4 is 29.2 Å². The maximum atomic E-state index is 14.6. The molecule has 0 radical (unpaired) electrons. The molecule has 1 unspecified atom stereocenters. The van der Waals surface area contributed by atoms with E-state index >= 15 is 0 Å². The van der Waals surface area contributed by atoms with Crippen molar-refractivity contribution in [3.05, 3.63) is 132 Å². The Kier molecular flexibility index (Phi) is 19.1. The van der Waals surface area contributed by atoms with E-state index in [2.05, 4.69) is 85.6 Å². The number of nitrogens with one attached hydrogen (secondary N) is 2. The third kappa shape index (κ3) is 13.8. The van der Waals surface area contributed by atoms with Crippen LogP contribution in [0.2, 0.25) is 0 Å². The number of benzene rings is 2. The third-order valence-electron chi connectivity index (χ3n) is 19.8. The Labute approximate surface area is 507 Å². The Morgan fingerprint density at radius 3 is 1.52 bits per heavy atom. The molecule has 0 spiro atoms. The van der Waals surface area contributed by atoms with Crippen molar-refractivity contribution in [1.29, 1.82) is 0 Å². The predicted molar refractivity (Wildman–Crippen MR) is 332 cm³/mol. The second-order valence-electron chi connectivity index (χ2n) is 27.5. The standard InChI is InChI=1S/C67H93F2N11O6/c1-43-34-78(40-58(81)56-31-66(5,6)62-55(56)29-49(64(85)72(62)9)27-47-15-19-51(68)20-16-47)53(32-70-43)38-74-23-25-76(36-45(74)3)59(82)13-11-12-14-60(83)77-26-24-75(46(4)37-77)39-54-33-71-44(2)35-79(54)41-61(84)80-42-67(7,8)63-57(80)30-50(65(86)73(63)10)28-48-17-21-52(69)22-18-48/h15-22,29-30,43-46,53-54,56,70-71H,11-14,23-28,31-42H2,1-10H3/t43-,44-,45-,46-,53-,54-,56?/m1/s1. The molecule has 4 aromatic rings. The highest BCUT2D eigenvalue weighted by atomic mass is 19.1. The summed E-state index contributed by atoms with van der Waals surface area (Å²) in [5.41, 5.74) is 5.26. The molecule has 86 heavy (non-hydrogen) atoms. The van der Waals surface area contributed by atoms with Gasteiger partial charge < -0.3 is 34.5 Å². The van der Waals surface area contributed by atoms with Crippen LogP contribution in [0.5, 0.6) is 0 Å². The molecule has 5 aliphatic heterocycles. The first-order valence-electron chi connectivity index (χ1n) is 31.6. The average Bonchev–Trinajstić information content (AvgIpc) is 1.65. The Morgan fingerprint density at radius 1 is 0.570 bits per heavy atom. The third-order valence-corrected chi connectivity index (χ3v) is 19.8. The minimum Gasteiger partial charge on any atom is -0.340 e. The number of Topliss-reactive ketones (excluding diaryl/α,β-unsaturated/α-hetero) is 1. The number of hydrogen-bond donors (Lipinski definition) is 2. The molecule has 466 valence electrons. The van der Waals surface area contributed by atoms with E-state index in [4.69, 9.17) is 0 Å². The number of nitrogens with zero attached hydrogens (tertiary/aromatic N) is 9. The zero-order chi connectivity index (χ0) is 61.5. The summed E-state index contributed by atoms with van der Waals surface area (Å²) >= 11 is 0. The molecule has 4 saturated heterocycles. The average molecular weight is 1190 g/mol. The van der Waals surface area contributed by atoms with Crippen LogP contribution in [0.3, 0.4) is 0 Å². The Bertz CT molecular complexity index is 3060. The predicted octanol–water partition coefficient (Wildman–Crippen LogP) is 5.15. The highest BCUT2D eigenvalue weighted by molar-refractivity contribution is 5.97. The molecule has 1 aliphatic carbocycles. The number of pyridine rings is 2. The number of halogens is 2. The molecule has 0 bridgehead atoms. The number of unbranched alkanes of at least 4 members (excludes halogenated alkanes) is 1. The van der Waals surface area contributed by atoms with Crippen LogP contribution in [0.4, 0.5) is 14.5 Å². The number of piperazine rings is 4. The van der Waals surface area contributed by atoms with Gasteiger partial charge in [-0.05, 0) is 100 Å². The molecule has 0 saturated carbocycles. The van der Waals surface area contributed by atoms with Crippen molar-refractivity contribution in [2.45, 2.75) is 153 Å². The van der Waals surface area contributed by atoms with Crippen molar-refractivity contribution in [3.63, 3.8) is 0 Å². The topological polar surface area (TPSA) is 159 Å². The van der Waals surface area contributed by atoms with Crippen LogP contribution in [0, 0.1) is 11.6 Å². The fraction of sp³-hybridized carbons (Fsp3) is 0.612. The lowest BCUT2D eigenvalue weighted by Gasteiger charge is -2.45. The molecular weight excluding hydrogens is 1090 g/mol. The zero-order valence-corrected chi connectivity index (χ0v) is 52.6. The Morgan fingerprint density at radius 2 is 1.03 bits per heavy atom. The molecule has 3 amide bonds. The quantitative estimate of drug-likeness (QED) is 0.127. The molecule has 2 aromatic heterocycles. The number of anilines is 1. The van der Waals surface area contributed by atoms with Crippen molar-refractivity contribution in [3.8, 4) is 0 Å². The number of carbonyl (C=O) groups is 4. The number of aromatic nitrogens is 2. The summed E-state index contributed by atoms with van der Waals surface area (Å²) in [5.74, 6) is -0.598. The fourth-order valence-corrected chi connectivity index (χ4v) is 15.2. The van der Waals surface area contributed by atoms with E-state index in [0.29, 0.717) is 102 Å². The summed E-state index contributed by atoms with van der Waals surface area (Å²) in [5, 5.41) is 7.30. The summed E-state index contributed by atoms with van der Waals surface area (Å²) in [7, 11) is 3.58. The molecular formula is C67H93F2N11O6. The van der Waals surface area contributed by atoms with Crippen LogP contribution >= 0.6 is 0 Å². The normalized spacial score (nSPS) is 25.3. The van der Waals surface area contributed by atoms with Gasteiger partial charge in [0.1, 0.15) is 11.6 Å². The minimum atomic E-state index is -0.438. The van der Waals surface area contributed by atoms with Crippen molar-refractivity contribution in [2.24, 2.45) is 14.1 Å². The first kappa shape index (κ1) is 63.1. The summed E-state index contributed by atoms with van der Waals surface area (Å²) in [4.78, 5) is 99.1. The van der Waals surface area contributed by atoms with Crippen LogP contribution in [-0.2, 0) is 56.9 Å². The second kappa shape index (κ2) is 26.0. The number of carbonyl (C=O) groups excluding carboxylic acids is 4. The first-order chi connectivity index (χ1) is 40.8. The van der Waals surface area contributed by atoms with Crippen LogP contribution in [0.25, 0.3) is 0 Å². The van der Waals surface area contributed by atoms with Crippen LogP contribution < -0.4 is 26.7 Å². The Balaban J connectivity index is 0.666. The van der Waals surface area contributed by atoms with E-state index in [1.807, 2.05) is 26.8 Å². The SMILES string of the molecule is C[C@@H]1CN(CC(=O)C2CC(C)(C)c3c2cc(Cc2ccc(F)cc2)c(=O)n3C)[C@@H](CN2CCN(C(=O)CCCCC(=O)N3CCN(C[C@H]4CN[C@H](C)CN4CC(=O)N4CC(C)(C)c5c4cc(Cc4ccc(F)cc4)c(=O)n5C)[C@H](C)C3)C[C@H]2C)CN1. The van der Waals surface area contributed by atoms with Gasteiger partial charge in [0.05, 0.1) is 24.5 Å². The van der Waals surface area contributed by atoms with Gasteiger partial charge in [-0.2, -0.15) is 0 Å². The van der Waals surface area contributed by atoms with Gasteiger partial charge in [0.2, 0.25) is 17.7 Å². The number of rotatable bonds is 18. The monoisotopic (exact) mass is 1190 g/mol. The highest BCUT2D eigenvalue weighted by Crippen LogP contribution is 2.46. The van der Waals surface area contributed by atoms with E-state index in [9.17, 15) is 37.5 Å². The van der Waals surface area contributed by atoms with Gasteiger partial charge in [-0.15, -0.1) is 0 Å². The zero-order valence-electron chi connectivity index (χ0n) is 52.6. The lowest BCUT2D eigenvalue weighted by molar-refractivity contribution is -0.136. The maximum absolute atomic E-state index is 14.6. The summed E-state index contributed by atoms with van der Waals surface area (Å²) in [6.45, 7) is 26.5. The van der Waals surface area contributed by atoms with E-state index < -0.39 is 5.41 Å². The summed E-state index contributed by atoms with van der Waals surface area (Å²) in [6.07, 6.45) is 3.42. The van der Waals surface area contributed by atoms with E-state index in [1.165, 1.54) is 24.3 Å². The first-order valence-corrected chi connectivity index (χ1v) is 31.6. The molecule has 19 heteroatoms. The van der Waals surface area contributed by atoms with Gasteiger partial charge in [0.15, 0.2) is 5.78 Å². The minimum absolute atomic E-state index is 0.00669. The molecule has 2 aromatic carbocycles. The van der Waals surface area contributed by atoms with Gasteiger partial charge in [-0.1, -0.05) is 52.0 Å². The number of ketones is 1. The van der Waals surface area contributed by atoms with Gasteiger partial charge in [-0.25, -0.2) is 8.78 Å². The summed E-state index contributed by atoms with van der Waals surface area (Å²) in [6, 6.07) is 17.1. The van der Waals surface area contributed by atoms with Gasteiger partial charge in [0, 0.05) is 195 Å². The molecule has 17 nitrogen and oxygen atoms in total. The lowest BCUT2D eigenvalue weighted by atomic mass is 9.87. The van der Waals surface area contributed by atoms with E-state index in [1.54, 1.807) is 47.5 Å². The summed E-state index contributed by atoms with van der Waals surface area (Å²) < 4.78 is 30.9. The number of amides is 3. The van der Waals surface area contributed by atoms with Crippen LogP contribution in [0.1, 0.15) is 133 Å². The van der Waals surface area contributed by atoms with Gasteiger partial charge in [0.25, 0.3) is 11.1 Å². The molecule has 2 N–H and O–H groups in total. The lowest BCUT2D eigenvalue weighted by Crippen LogP contribution is -2.63. The Hall–Kier alpha value is -5.96. The molecule has 6 aliphatic rings. The molecule has 4 fully saturated rings. The smallest absolute Gasteiger partial charge is 0.254 e. The second-order valence-corrected chi connectivity index (χ2v) is 27.5. The molecule has 10 rings (SSSR count). The van der Waals surface area contributed by atoms with Crippen molar-refractivity contribution in [2.75, 3.05) is 103 Å². The fourth-order valence-electron chi connectivity index (χ4n) is 15.2. The number of hydrogen-bond acceptors (Lipinski definition) is 12. The molecule has 7 heterocycles. The molecule has 7 atom stereocenters. The van der Waals surface area contributed by atoms with Crippen molar-refractivity contribution < 1.29 is 28.0 Å². The highest BCUT2D eigenvalue weighted by Gasteiger charge is 2.45. The van der Waals surface area contributed by atoms with Crippen LogP contribution in [0.15, 0.2) is 70.3 Å². The van der Waals surface area contributed by atoms with Gasteiger partial charge in [-0.3, -0.25) is 48.4 Å². The number of fused-ring (bicyclic) bond motifs is 2. The van der Waals surface area contributed by atoms with Crippen molar-refractivity contribution in [1.82, 2.24) is 49.2 Å². The van der Waals surface area contributed by atoms with Crippen LogP contribution in [-0.4, -0.2) is 196 Å². The maximum Gasteiger partial charge on any atom is 0.254 e.